The lowest BCUT2D eigenvalue weighted by atomic mass is 10.1. The van der Waals surface area contributed by atoms with Crippen LogP contribution in [0, 0.1) is 13.8 Å². The molecule has 1 N–H and O–H groups in total. The van der Waals surface area contributed by atoms with Gasteiger partial charge in [-0.05, 0) is 64.1 Å². The van der Waals surface area contributed by atoms with Crippen LogP contribution in [0.2, 0.25) is 0 Å². The van der Waals surface area contributed by atoms with E-state index in [1.54, 1.807) is 10.6 Å². The van der Waals surface area contributed by atoms with E-state index in [4.69, 9.17) is 4.74 Å². The number of hydrogen-bond donors (Lipinski definition) is 1. The second-order valence-corrected chi connectivity index (χ2v) is 7.44. The molecule has 0 bridgehead atoms. The summed E-state index contributed by atoms with van der Waals surface area (Å²) >= 11 is 0. The summed E-state index contributed by atoms with van der Waals surface area (Å²) in [6.07, 6.45) is 2.34. The van der Waals surface area contributed by atoms with Crippen LogP contribution in [0.4, 0.5) is 5.69 Å². The minimum absolute atomic E-state index is 0.242. The van der Waals surface area contributed by atoms with Crippen LogP contribution < -0.4 is 10.1 Å². The number of anilines is 1. The molecular formula is C21H25N5O2. The molecule has 0 unspecified atom stereocenters. The van der Waals surface area contributed by atoms with Gasteiger partial charge in [0.25, 0.3) is 5.91 Å². The number of nitrogens with zero attached hydrogens (tertiary/aromatic N) is 4. The average molecular weight is 379 g/mol. The SMILES string of the molecule is Cc1cc2nc(C(=O)Nc3ccc(OC4CCN(C)CC4)cc3)cc(C)n2n1. The zero-order valence-corrected chi connectivity index (χ0v) is 16.5. The maximum atomic E-state index is 12.6. The fourth-order valence-electron chi connectivity index (χ4n) is 3.46. The predicted molar refractivity (Wildman–Crippen MR) is 108 cm³/mol. The zero-order valence-electron chi connectivity index (χ0n) is 16.5. The van der Waals surface area contributed by atoms with Crippen LogP contribution in [0.25, 0.3) is 5.65 Å². The van der Waals surface area contributed by atoms with Gasteiger partial charge < -0.3 is 15.0 Å². The Kier molecular flexibility index (Phi) is 5.00. The van der Waals surface area contributed by atoms with Crippen molar-refractivity contribution in [2.24, 2.45) is 0 Å². The molecule has 4 rings (SSSR count). The van der Waals surface area contributed by atoms with Gasteiger partial charge in [-0.3, -0.25) is 4.79 Å². The Hall–Kier alpha value is -2.93. The molecule has 7 heteroatoms. The molecule has 28 heavy (non-hydrogen) atoms. The van der Waals surface area contributed by atoms with E-state index in [0.717, 1.165) is 43.1 Å². The molecule has 1 amide bonds. The van der Waals surface area contributed by atoms with Crippen LogP contribution in [0.5, 0.6) is 5.75 Å². The molecule has 1 aliphatic rings. The minimum atomic E-state index is -0.242. The van der Waals surface area contributed by atoms with E-state index >= 15 is 0 Å². The van der Waals surface area contributed by atoms with Crippen LogP contribution in [0.15, 0.2) is 36.4 Å². The summed E-state index contributed by atoms with van der Waals surface area (Å²) in [6, 6.07) is 11.1. The summed E-state index contributed by atoms with van der Waals surface area (Å²) in [7, 11) is 2.13. The molecule has 2 aromatic heterocycles. The summed E-state index contributed by atoms with van der Waals surface area (Å²) in [4.78, 5) is 19.3. The first-order chi connectivity index (χ1) is 13.5. The van der Waals surface area contributed by atoms with Crippen molar-refractivity contribution < 1.29 is 9.53 Å². The molecule has 1 fully saturated rings. The number of aromatic nitrogens is 3. The average Bonchev–Trinajstić information content (AvgIpc) is 3.06. The van der Waals surface area contributed by atoms with E-state index in [1.165, 1.54) is 0 Å². The van der Waals surface area contributed by atoms with E-state index in [9.17, 15) is 4.79 Å². The Morgan fingerprint density at radius 1 is 1.14 bits per heavy atom. The van der Waals surface area contributed by atoms with Crippen molar-refractivity contribution in [2.45, 2.75) is 32.8 Å². The van der Waals surface area contributed by atoms with Crippen molar-refractivity contribution in [3.05, 3.63) is 53.5 Å². The van der Waals surface area contributed by atoms with Gasteiger partial charge in [0.05, 0.1) is 5.69 Å². The number of hydrogen-bond acceptors (Lipinski definition) is 5. The second kappa shape index (κ2) is 7.59. The second-order valence-electron chi connectivity index (χ2n) is 7.44. The highest BCUT2D eigenvalue weighted by atomic mass is 16.5. The van der Waals surface area contributed by atoms with Crippen molar-refractivity contribution in [1.82, 2.24) is 19.5 Å². The number of carbonyl (C=O) groups is 1. The summed E-state index contributed by atoms with van der Waals surface area (Å²) in [5.41, 5.74) is 3.49. The van der Waals surface area contributed by atoms with Gasteiger partial charge in [0.1, 0.15) is 17.5 Å². The number of nitrogens with one attached hydrogen (secondary N) is 1. The molecule has 1 aliphatic heterocycles. The molecule has 1 aromatic carbocycles. The van der Waals surface area contributed by atoms with Crippen LogP contribution in [-0.4, -0.2) is 51.6 Å². The number of fused-ring (bicyclic) bond motifs is 1. The van der Waals surface area contributed by atoms with Gasteiger partial charge in [-0.25, -0.2) is 9.50 Å². The van der Waals surface area contributed by atoms with Crippen LogP contribution >= 0.6 is 0 Å². The van der Waals surface area contributed by atoms with Crippen LogP contribution in [-0.2, 0) is 0 Å². The van der Waals surface area contributed by atoms with Crippen molar-refractivity contribution in [2.75, 3.05) is 25.5 Å². The zero-order chi connectivity index (χ0) is 19.7. The maximum absolute atomic E-state index is 12.6. The number of likely N-dealkylation sites (tertiary alicyclic amines) is 1. The monoisotopic (exact) mass is 379 g/mol. The van der Waals surface area contributed by atoms with E-state index in [2.05, 4.69) is 27.3 Å². The highest BCUT2D eigenvalue weighted by Gasteiger charge is 2.18. The van der Waals surface area contributed by atoms with Gasteiger partial charge in [-0.15, -0.1) is 0 Å². The number of ether oxygens (including phenoxy) is 1. The number of piperidine rings is 1. The van der Waals surface area contributed by atoms with Crippen LogP contribution in [0.1, 0.15) is 34.7 Å². The van der Waals surface area contributed by atoms with Crippen molar-refractivity contribution in [1.29, 1.82) is 0 Å². The first kappa shape index (κ1) is 18.4. The Labute approximate surface area is 164 Å². The Balaban J connectivity index is 1.42. The molecule has 3 aromatic rings. The summed E-state index contributed by atoms with van der Waals surface area (Å²) in [5, 5.41) is 7.26. The van der Waals surface area contributed by atoms with Gasteiger partial charge in [-0.2, -0.15) is 5.10 Å². The van der Waals surface area contributed by atoms with Crippen molar-refractivity contribution in [3.63, 3.8) is 0 Å². The molecule has 0 radical (unpaired) electrons. The largest absolute Gasteiger partial charge is 0.490 e. The first-order valence-electron chi connectivity index (χ1n) is 9.58. The van der Waals surface area contributed by atoms with E-state index in [1.807, 2.05) is 44.2 Å². The molecule has 0 aliphatic carbocycles. The Morgan fingerprint density at radius 2 is 1.86 bits per heavy atom. The van der Waals surface area contributed by atoms with Crippen molar-refractivity contribution in [3.8, 4) is 5.75 Å². The van der Waals surface area contributed by atoms with Gasteiger partial charge >= 0.3 is 0 Å². The smallest absolute Gasteiger partial charge is 0.274 e. The van der Waals surface area contributed by atoms with Crippen LogP contribution in [0.3, 0.4) is 0 Å². The lowest BCUT2D eigenvalue weighted by Gasteiger charge is -2.29. The van der Waals surface area contributed by atoms with Crippen molar-refractivity contribution >= 4 is 17.2 Å². The maximum Gasteiger partial charge on any atom is 0.274 e. The highest BCUT2D eigenvalue weighted by Crippen LogP contribution is 2.21. The van der Waals surface area contributed by atoms with Gasteiger partial charge in [0, 0.05) is 30.5 Å². The Bertz CT molecular complexity index is 988. The summed E-state index contributed by atoms with van der Waals surface area (Å²) in [5.74, 6) is 0.589. The Morgan fingerprint density at radius 3 is 2.57 bits per heavy atom. The predicted octanol–water partition coefficient (Wildman–Crippen LogP) is 3.07. The lowest BCUT2D eigenvalue weighted by Crippen LogP contribution is -2.35. The third-order valence-electron chi connectivity index (χ3n) is 5.04. The summed E-state index contributed by atoms with van der Waals surface area (Å²) in [6.45, 7) is 5.94. The fourth-order valence-corrected chi connectivity index (χ4v) is 3.46. The lowest BCUT2D eigenvalue weighted by molar-refractivity contribution is 0.102. The number of aryl methyl sites for hydroxylation is 2. The number of rotatable bonds is 4. The molecule has 7 nitrogen and oxygen atoms in total. The van der Waals surface area contributed by atoms with E-state index in [0.29, 0.717) is 17.0 Å². The minimum Gasteiger partial charge on any atom is -0.490 e. The number of benzene rings is 1. The third-order valence-corrected chi connectivity index (χ3v) is 5.04. The van der Waals surface area contributed by atoms with Gasteiger partial charge in [0.2, 0.25) is 0 Å². The van der Waals surface area contributed by atoms with E-state index < -0.39 is 0 Å². The quantitative estimate of drug-likeness (QED) is 0.754. The van der Waals surface area contributed by atoms with Gasteiger partial charge in [0.15, 0.2) is 5.65 Å². The summed E-state index contributed by atoms with van der Waals surface area (Å²) < 4.78 is 7.79. The standard InChI is InChI=1S/C21H25N5O2/c1-14-12-20-23-19(13-15(2)26(20)24-14)21(27)22-16-4-6-17(7-5-16)28-18-8-10-25(3)11-9-18/h4-7,12-13,18H,8-11H2,1-3H3,(H,22,27). The molecule has 146 valence electrons. The molecule has 3 heterocycles. The van der Waals surface area contributed by atoms with E-state index in [-0.39, 0.29) is 12.0 Å². The normalized spacial score (nSPS) is 15.7. The molecule has 1 saturated heterocycles. The highest BCUT2D eigenvalue weighted by molar-refractivity contribution is 6.03. The molecular weight excluding hydrogens is 354 g/mol. The molecule has 0 spiro atoms. The fraction of sp³-hybridized carbons (Fsp3) is 0.381. The molecule has 0 saturated carbocycles. The number of carbonyl (C=O) groups excluding carboxylic acids is 1. The molecule has 0 atom stereocenters. The number of amides is 1. The topological polar surface area (TPSA) is 71.8 Å². The first-order valence-corrected chi connectivity index (χ1v) is 9.58. The third kappa shape index (κ3) is 3.99. The van der Waals surface area contributed by atoms with Gasteiger partial charge in [-0.1, -0.05) is 0 Å².